The minimum absolute atomic E-state index is 0.170. The first-order chi connectivity index (χ1) is 7.55. The molecule has 92 valence electrons. The summed E-state index contributed by atoms with van der Waals surface area (Å²) in [6.07, 6.45) is 4.39. The maximum atomic E-state index is 8.93. The van der Waals surface area contributed by atoms with Crippen LogP contribution >= 0.6 is 0 Å². The van der Waals surface area contributed by atoms with E-state index < -0.39 is 0 Å². The predicted octanol–water partition coefficient (Wildman–Crippen LogP) is 2.43. The van der Waals surface area contributed by atoms with E-state index in [1.165, 1.54) is 0 Å². The average Bonchev–Trinajstić information content (AvgIpc) is 2.30. The van der Waals surface area contributed by atoms with Gasteiger partial charge < -0.3 is 9.64 Å². The first-order valence-electron chi connectivity index (χ1n) is 6.24. The molecule has 0 aromatic carbocycles. The van der Waals surface area contributed by atoms with Crippen LogP contribution in [0, 0.1) is 16.7 Å². The molecular weight excluding hydrogens is 200 g/mol. The smallest absolute Gasteiger partial charge is 0.0683 e. The highest BCUT2D eigenvalue weighted by Crippen LogP contribution is 2.21. The van der Waals surface area contributed by atoms with E-state index in [-0.39, 0.29) is 5.41 Å². The zero-order valence-corrected chi connectivity index (χ0v) is 10.8. The third kappa shape index (κ3) is 4.51. The van der Waals surface area contributed by atoms with Gasteiger partial charge in [-0.2, -0.15) is 5.26 Å². The molecule has 1 fully saturated rings. The van der Waals surface area contributed by atoms with Gasteiger partial charge in [0.05, 0.1) is 11.5 Å². The van der Waals surface area contributed by atoms with Crippen LogP contribution < -0.4 is 0 Å². The van der Waals surface area contributed by atoms with E-state index in [1.807, 2.05) is 13.8 Å². The summed E-state index contributed by atoms with van der Waals surface area (Å²) in [5.41, 5.74) is -0.170. The van der Waals surface area contributed by atoms with Crippen molar-refractivity contribution in [2.45, 2.75) is 45.6 Å². The molecule has 0 aliphatic carbocycles. The van der Waals surface area contributed by atoms with Gasteiger partial charge in [0.1, 0.15) is 0 Å². The van der Waals surface area contributed by atoms with E-state index in [9.17, 15) is 0 Å². The summed E-state index contributed by atoms with van der Waals surface area (Å²) in [5, 5.41) is 8.93. The minimum Gasteiger partial charge on any atom is -0.381 e. The van der Waals surface area contributed by atoms with Crippen molar-refractivity contribution < 1.29 is 4.74 Å². The van der Waals surface area contributed by atoms with Crippen LogP contribution in [-0.2, 0) is 4.74 Å². The largest absolute Gasteiger partial charge is 0.381 e. The minimum atomic E-state index is -0.170. The highest BCUT2D eigenvalue weighted by molar-refractivity contribution is 4.91. The molecule has 0 amide bonds. The van der Waals surface area contributed by atoms with Crippen LogP contribution in [0.1, 0.15) is 39.5 Å². The molecule has 16 heavy (non-hydrogen) atoms. The molecule has 0 unspecified atom stereocenters. The molecule has 1 rings (SSSR count). The van der Waals surface area contributed by atoms with Gasteiger partial charge in [-0.15, -0.1) is 0 Å². The Balaban J connectivity index is 2.19. The van der Waals surface area contributed by atoms with Crippen LogP contribution in [0.5, 0.6) is 0 Å². The molecule has 0 N–H and O–H groups in total. The Morgan fingerprint density at radius 1 is 1.38 bits per heavy atom. The number of rotatable bonds is 5. The first-order valence-corrected chi connectivity index (χ1v) is 6.24. The van der Waals surface area contributed by atoms with Gasteiger partial charge in [0.25, 0.3) is 0 Å². The monoisotopic (exact) mass is 224 g/mol. The number of nitriles is 1. The lowest BCUT2D eigenvalue weighted by molar-refractivity contribution is 0.0421. The molecule has 0 saturated carbocycles. The molecule has 0 radical (unpaired) electrons. The summed E-state index contributed by atoms with van der Waals surface area (Å²) in [4.78, 5) is 2.43. The molecule has 1 aliphatic heterocycles. The van der Waals surface area contributed by atoms with E-state index in [1.54, 1.807) is 0 Å². The standard InChI is InChI=1S/C13H24N2O/c1-13(2,11-14)7-4-8-15(3)12-5-9-16-10-6-12/h12H,4-10H2,1-3H3. The average molecular weight is 224 g/mol. The van der Waals surface area contributed by atoms with Crippen molar-refractivity contribution in [2.75, 3.05) is 26.8 Å². The molecule has 1 aliphatic rings. The lowest BCUT2D eigenvalue weighted by Gasteiger charge is -2.31. The molecular formula is C13H24N2O. The second-order valence-corrected chi connectivity index (χ2v) is 5.42. The second-order valence-electron chi connectivity index (χ2n) is 5.42. The van der Waals surface area contributed by atoms with Gasteiger partial charge in [0.15, 0.2) is 0 Å². The van der Waals surface area contributed by atoms with Crippen LogP contribution in [0.15, 0.2) is 0 Å². The Bertz CT molecular complexity index is 239. The predicted molar refractivity (Wildman–Crippen MR) is 65.1 cm³/mol. The van der Waals surface area contributed by atoms with Crippen LogP contribution in [0.2, 0.25) is 0 Å². The van der Waals surface area contributed by atoms with Gasteiger partial charge in [-0.3, -0.25) is 0 Å². The fourth-order valence-electron chi connectivity index (χ4n) is 2.13. The molecule has 0 aromatic rings. The Labute approximate surface area is 99.4 Å². The maximum Gasteiger partial charge on any atom is 0.0683 e. The highest BCUT2D eigenvalue weighted by atomic mass is 16.5. The van der Waals surface area contributed by atoms with E-state index in [0.717, 1.165) is 45.4 Å². The summed E-state index contributed by atoms with van der Waals surface area (Å²) in [6, 6.07) is 3.04. The van der Waals surface area contributed by atoms with Crippen molar-refractivity contribution in [3.63, 3.8) is 0 Å². The third-order valence-corrected chi connectivity index (χ3v) is 3.43. The van der Waals surface area contributed by atoms with Crippen molar-refractivity contribution in [1.29, 1.82) is 5.26 Å². The molecule has 0 aromatic heterocycles. The maximum absolute atomic E-state index is 8.93. The van der Waals surface area contributed by atoms with Gasteiger partial charge >= 0.3 is 0 Å². The van der Waals surface area contributed by atoms with Gasteiger partial charge in [-0.1, -0.05) is 0 Å². The normalized spacial score (nSPS) is 18.7. The first kappa shape index (κ1) is 13.5. The Morgan fingerprint density at radius 2 is 2.00 bits per heavy atom. The quantitative estimate of drug-likeness (QED) is 0.719. The number of nitrogens with zero attached hydrogens (tertiary/aromatic N) is 2. The molecule has 3 heteroatoms. The summed E-state index contributed by atoms with van der Waals surface area (Å²) < 4.78 is 5.36. The summed E-state index contributed by atoms with van der Waals surface area (Å²) in [6.45, 7) is 6.93. The fourth-order valence-corrected chi connectivity index (χ4v) is 2.13. The molecule has 0 spiro atoms. The van der Waals surface area contributed by atoms with Crippen LogP contribution in [0.25, 0.3) is 0 Å². The second kappa shape index (κ2) is 6.22. The zero-order valence-electron chi connectivity index (χ0n) is 10.8. The molecule has 3 nitrogen and oxygen atoms in total. The Hall–Kier alpha value is -0.590. The summed E-state index contributed by atoms with van der Waals surface area (Å²) in [5.74, 6) is 0. The van der Waals surface area contributed by atoms with Crippen LogP contribution in [0.3, 0.4) is 0 Å². The van der Waals surface area contributed by atoms with Crippen molar-refractivity contribution >= 4 is 0 Å². The number of hydrogen-bond donors (Lipinski definition) is 0. The SMILES string of the molecule is CN(CCCC(C)(C)C#N)C1CCOCC1. The third-order valence-electron chi connectivity index (χ3n) is 3.43. The summed E-state index contributed by atoms with van der Waals surface area (Å²) in [7, 11) is 2.19. The molecule has 1 heterocycles. The highest BCUT2D eigenvalue weighted by Gasteiger charge is 2.20. The van der Waals surface area contributed by atoms with Gasteiger partial charge in [0, 0.05) is 19.3 Å². The lowest BCUT2D eigenvalue weighted by atomic mass is 9.89. The van der Waals surface area contributed by atoms with E-state index in [4.69, 9.17) is 10.00 Å². The zero-order chi connectivity index (χ0) is 12.0. The van der Waals surface area contributed by atoms with E-state index in [0.29, 0.717) is 6.04 Å². The van der Waals surface area contributed by atoms with Crippen molar-refractivity contribution in [1.82, 2.24) is 4.90 Å². The van der Waals surface area contributed by atoms with Crippen molar-refractivity contribution in [3.8, 4) is 6.07 Å². The topological polar surface area (TPSA) is 36.3 Å². The number of ether oxygens (including phenoxy) is 1. The van der Waals surface area contributed by atoms with Gasteiger partial charge in [-0.05, 0) is 53.1 Å². The number of hydrogen-bond acceptors (Lipinski definition) is 3. The van der Waals surface area contributed by atoms with E-state index >= 15 is 0 Å². The van der Waals surface area contributed by atoms with Crippen molar-refractivity contribution in [2.24, 2.45) is 5.41 Å². The Morgan fingerprint density at radius 3 is 2.56 bits per heavy atom. The molecule has 0 bridgehead atoms. The van der Waals surface area contributed by atoms with Crippen LogP contribution in [0.4, 0.5) is 0 Å². The summed E-state index contributed by atoms with van der Waals surface area (Å²) >= 11 is 0. The van der Waals surface area contributed by atoms with Crippen molar-refractivity contribution in [3.05, 3.63) is 0 Å². The molecule has 0 atom stereocenters. The van der Waals surface area contributed by atoms with Gasteiger partial charge in [0.2, 0.25) is 0 Å². The Kier molecular flexibility index (Phi) is 5.24. The van der Waals surface area contributed by atoms with Crippen LogP contribution in [-0.4, -0.2) is 37.7 Å². The van der Waals surface area contributed by atoms with Gasteiger partial charge in [-0.25, -0.2) is 0 Å². The van der Waals surface area contributed by atoms with E-state index in [2.05, 4.69) is 18.0 Å². The fraction of sp³-hybridized carbons (Fsp3) is 0.923. The lowest BCUT2D eigenvalue weighted by Crippen LogP contribution is -2.37. The molecule has 1 saturated heterocycles.